The molecular formula is C12H21N3O2. The van der Waals surface area contributed by atoms with E-state index in [1.165, 1.54) is 7.11 Å². The molecule has 0 radical (unpaired) electrons. The topological polar surface area (TPSA) is 56.1 Å². The van der Waals surface area contributed by atoms with E-state index in [0.717, 1.165) is 18.5 Å². The van der Waals surface area contributed by atoms with E-state index < -0.39 is 6.04 Å². The number of nitrogens with one attached hydrogen (secondary N) is 1. The van der Waals surface area contributed by atoms with Crippen LogP contribution < -0.4 is 5.32 Å². The fourth-order valence-electron chi connectivity index (χ4n) is 1.53. The van der Waals surface area contributed by atoms with Crippen LogP contribution >= 0.6 is 0 Å². The second kappa shape index (κ2) is 6.39. The van der Waals surface area contributed by atoms with Crippen LogP contribution in [0.2, 0.25) is 0 Å². The largest absolute Gasteiger partial charge is 0.468 e. The molecule has 0 aliphatic heterocycles. The first kappa shape index (κ1) is 13.7. The van der Waals surface area contributed by atoms with E-state index >= 15 is 0 Å². The second-order valence-electron chi connectivity index (χ2n) is 4.26. The van der Waals surface area contributed by atoms with Crippen LogP contribution in [0, 0.1) is 0 Å². The summed E-state index contributed by atoms with van der Waals surface area (Å²) in [5, 5.41) is 7.39. The van der Waals surface area contributed by atoms with Gasteiger partial charge in [0.25, 0.3) is 0 Å². The zero-order chi connectivity index (χ0) is 12.8. The Kier molecular flexibility index (Phi) is 5.15. The van der Waals surface area contributed by atoms with Crippen LogP contribution in [-0.2, 0) is 9.53 Å². The Labute approximate surface area is 102 Å². The molecule has 1 atom stereocenters. The summed E-state index contributed by atoms with van der Waals surface area (Å²) in [5.74, 6) is -0.276. The lowest BCUT2D eigenvalue weighted by Crippen LogP contribution is -2.29. The van der Waals surface area contributed by atoms with Gasteiger partial charge in [-0.05, 0) is 26.8 Å². The second-order valence-corrected chi connectivity index (χ2v) is 4.26. The third kappa shape index (κ3) is 3.56. The third-order valence-electron chi connectivity index (χ3n) is 2.52. The van der Waals surface area contributed by atoms with E-state index in [4.69, 9.17) is 4.74 Å². The van der Waals surface area contributed by atoms with Gasteiger partial charge >= 0.3 is 5.97 Å². The summed E-state index contributed by atoms with van der Waals surface area (Å²) in [7, 11) is 1.40. The minimum Gasteiger partial charge on any atom is -0.468 e. The van der Waals surface area contributed by atoms with Crippen molar-refractivity contribution in [1.29, 1.82) is 0 Å². The van der Waals surface area contributed by atoms with E-state index in [0.29, 0.717) is 0 Å². The van der Waals surface area contributed by atoms with Gasteiger partial charge in [-0.2, -0.15) is 5.10 Å². The highest BCUT2D eigenvalue weighted by Crippen LogP contribution is 2.15. The van der Waals surface area contributed by atoms with Crippen molar-refractivity contribution in [2.45, 2.75) is 39.3 Å². The lowest BCUT2D eigenvalue weighted by atomic mass is 10.1. The number of carbonyl (C=O) groups excluding carboxylic acids is 1. The van der Waals surface area contributed by atoms with Gasteiger partial charge in [-0.3, -0.25) is 4.68 Å². The number of esters is 1. The van der Waals surface area contributed by atoms with E-state index in [1.54, 1.807) is 6.20 Å². The average molecular weight is 239 g/mol. The van der Waals surface area contributed by atoms with Crippen molar-refractivity contribution < 1.29 is 9.53 Å². The maximum absolute atomic E-state index is 11.7. The van der Waals surface area contributed by atoms with Crippen molar-refractivity contribution >= 4 is 5.97 Å². The molecule has 1 unspecified atom stereocenters. The molecule has 0 saturated carbocycles. The van der Waals surface area contributed by atoms with Crippen LogP contribution in [-0.4, -0.2) is 29.4 Å². The molecule has 0 aromatic carbocycles. The molecule has 17 heavy (non-hydrogen) atoms. The molecule has 96 valence electrons. The van der Waals surface area contributed by atoms with Crippen molar-refractivity contribution in [2.24, 2.45) is 0 Å². The fraction of sp³-hybridized carbons (Fsp3) is 0.667. The molecule has 1 aromatic heterocycles. The average Bonchev–Trinajstić information content (AvgIpc) is 2.78. The number of carbonyl (C=O) groups is 1. The fourth-order valence-corrected chi connectivity index (χ4v) is 1.53. The molecule has 0 amide bonds. The highest BCUT2D eigenvalue weighted by Gasteiger charge is 2.22. The number of hydrogen-bond donors (Lipinski definition) is 1. The van der Waals surface area contributed by atoms with E-state index in [-0.39, 0.29) is 12.0 Å². The van der Waals surface area contributed by atoms with Crippen LogP contribution in [0.3, 0.4) is 0 Å². The molecular weight excluding hydrogens is 218 g/mol. The Morgan fingerprint density at radius 2 is 2.29 bits per heavy atom. The van der Waals surface area contributed by atoms with Crippen LogP contribution in [0.4, 0.5) is 0 Å². The normalized spacial score (nSPS) is 12.8. The van der Waals surface area contributed by atoms with Crippen LogP contribution in [0.5, 0.6) is 0 Å². The first-order valence-corrected chi connectivity index (χ1v) is 5.95. The number of methoxy groups -OCH3 is 1. The van der Waals surface area contributed by atoms with Crippen molar-refractivity contribution in [1.82, 2.24) is 15.1 Å². The monoisotopic (exact) mass is 239 g/mol. The van der Waals surface area contributed by atoms with Gasteiger partial charge in [0.1, 0.15) is 6.04 Å². The Morgan fingerprint density at radius 3 is 2.76 bits per heavy atom. The van der Waals surface area contributed by atoms with Gasteiger partial charge in [0.2, 0.25) is 0 Å². The summed E-state index contributed by atoms with van der Waals surface area (Å²) in [4.78, 5) is 11.7. The molecule has 0 saturated heterocycles. The lowest BCUT2D eigenvalue weighted by molar-refractivity contribution is -0.143. The van der Waals surface area contributed by atoms with Crippen molar-refractivity contribution in [3.63, 3.8) is 0 Å². The number of aromatic nitrogens is 2. The molecule has 0 aliphatic carbocycles. The molecule has 5 nitrogen and oxygen atoms in total. The first-order chi connectivity index (χ1) is 8.10. The van der Waals surface area contributed by atoms with E-state index in [2.05, 4.69) is 17.3 Å². The Bertz CT molecular complexity index is 360. The summed E-state index contributed by atoms with van der Waals surface area (Å²) < 4.78 is 6.63. The minimum atomic E-state index is -0.424. The minimum absolute atomic E-state index is 0.276. The summed E-state index contributed by atoms with van der Waals surface area (Å²) >= 11 is 0. The Balaban J connectivity index is 2.83. The smallest absolute Gasteiger partial charge is 0.327 e. The van der Waals surface area contributed by atoms with Crippen molar-refractivity contribution in [2.75, 3.05) is 13.7 Å². The molecule has 1 aromatic rings. The van der Waals surface area contributed by atoms with Gasteiger partial charge in [0.15, 0.2) is 0 Å². The number of ether oxygens (including phenoxy) is 1. The highest BCUT2D eigenvalue weighted by atomic mass is 16.5. The quantitative estimate of drug-likeness (QED) is 0.767. The first-order valence-electron chi connectivity index (χ1n) is 5.95. The van der Waals surface area contributed by atoms with E-state index in [1.807, 2.05) is 24.7 Å². The van der Waals surface area contributed by atoms with Gasteiger partial charge in [-0.15, -0.1) is 0 Å². The third-order valence-corrected chi connectivity index (χ3v) is 2.52. The summed E-state index contributed by atoms with van der Waals surface area (Å²) in [6, 6.07) is -0.138. The molecule has 0 bridgehead atoms. The maximum atomic E-state index is 11.7. The predicted molar refractivity (Wildman–Crippen MR) is 65.7 cm³/mol. The zero-order valence-electron chi connectivity index (χ0n) is 10.9. The SMILES string of the molecule is CCCNC(C(=O)OC)c1cnn(C(C)C)c1. The number of rotatable bonds is 6. The van der Waals surface area contributed by atoms with Gasteiger partial charge in [0.05, 0.1) is 13.3 Å². The Hall–Kier alpha value is -1.36. The van der Waals surface area contributed by atoms with Crippen LogP contribution in [0.1, 0.15) is 44.8 Å². The van der Waals surface area contributed by atoms with Gasteiger partial charge < -0.3 is 10.1 Å². The molecule has 1 N–H and O–H groups in total. The van der Waals surface area contributed by atoms with Crippen molar-refractivity contribution in [3.05, 3.63) is 18.0 Å². The Morgan fingerprint density at radius 1 is 1.59 bits per heavy atom. The van der Waals surface area contributed by atoms with E-state index in [9.17, 15) is 4.79 Å². The maximum Gasteiger partial charge on any atom is 0.327 e. The summed E-state index contributed by atoms with van der Waals surface area (Å²) in [6.45, 7) is 6.91. The van der Waals surface area contributed by atoms with Gasteiger partial charge in [0, 0.05) is 17.8 Å². The summed E-state index contributed by atoms with van der Waals surface area (Å²) in [6.07, 6.45) is 4.56. The standard InChI is InChI=1S/C12H21N3O2/c1-5-6-13-11(12(16)17-4)10-7-14-15(8-10)9(2)3/h7-9,11,13H,5-6H2,1-4H3. The highest BCUT2D eigenvalue weighted by molar-refractivity contribution is 5.77. The number of hydrogen-bond acceptors (Lipinski definition) is 4. The summed E-state index contributed by atoms with van der Waals surface area (Å²) in [5.41, 5.74) is 0.846. The van der Waals surface area contributed by atoms with Crippen LogP contribution in [0.25, 0.3) is 0 Å². The van der Waals surface area contributed by atoms with Crippen molar-refractivity contribution in [3.8, 4) is 0 Å². The van der Waals surface area contributed by atoms with Gasteiger partial charge in [-0.1, -0.05) is 6.92 Å². The van der Waals surface area contributed by atoms with Gasteiger partial charge in [-0.25, -0.2) is 4.79 Å². The molecule has 0 spiro atoms. The number of nitrogens with zero attached hydrogens (tertiary/aromatic N) is 2. The molecule has 0 aliphatic rings. The molecule has 5 heteroatoms. The molecule has 1 heterocycles. The zero-order valence-corrected chi connectivity index (χ0v) is 10.9. The molecule has 1 rings (SSSR count). The van der Waals surface area contributed by atoms with Crippen LogP contribution in [0.15, 0.2) is 12.4 Å². The predicted octanol–water partition coefficient (Wildman–Crippen LogP) is 1.68. The lowest BCUT2D eigenvalue weighted by Gasteiger charge is -2.14. The molecule has 0 fully saturated rings.